The molecule has 0 radical (unpaired) electrons. The van der Waals surface area contributed by atoms with Gasteiger partial charge in [-0.05, 0) is 42.5 Å². The van der Waals surface area contributed by atoms with Crippen LogP contribution in [0.4, 0.5) is 0 Å². The number of piperidine rings is 1. The summed E-state index contributed by atoms with van der Waals surface area (Å²) in [4.78, 5) is 26.1. The number of carbonyl (C=O) groups excluding carboxylic acids is 1. The summed E-state index contributed by atoms with van der Waals surface area (Å²) >= 11 is 0. The predicted molar refractivity (Wildman–Crippen MR) is 127 cm³/mol. The molecule has 1 aromatic carbocycles. The molecule has 1 amide bonds. The van der Waals surface area contributed by atoms with Crippen LogP contribution >= 0.6 is 0 Å². The monoisotopic (exact) mass is 451 g/mol. The maximum atomic E-state index is 12.4. The van der Waals surface area contributed by atoms with Gasteiger partial charge in [-0.25, -0.2) is 0 Å². The molecule has 1 aromatic heterocycles. The van der Waals surface area contributed by atoms with Crippen molar-refractivity contribution in [3.05, 3.63) is 76.4 Å². The third kappa shape index (κ3) is 6.96. The predicted octanol–water partition coefficient (Wildman–Crippen LogP) is 2.87. The standard InChI is InChI=1S/C26H33N3O4/c1-20(30)27-23-9-12-28(13-10-23)18-22-6-4-21(5-7-22)8-14-29-15-11-24(17-26(29)31)33-19-25-3-2-16-32-25/h2,4-7,11,15-17,23,25H,3,8-10,12-14,18-19H2,1H3,(H,27,30). The Bertz CT molecular complexity index is 999. The van der Waals surface area contributed by atoms with Crippen LogP contribution in [0.1, 0.15) is 37.3 Å². The van der Waals surface area contributed by atoms with Crippen LogP contribution < -0.4 is 15.6 Å². The van der Waals surface area contributed by atoms with E-state index >= 15 is 0 Å². The lowest BCUT2D eigenvalue weighted by molar-refractivity contribution is -0.119. The molecule has 2 aliphatic heterocycles. The summed E-state index contributed by atoms with van der Waals surface area (Å²) in [5.41, 5.74) is 2.44. The van der Waals surface area contributed by atoms with Crippen LogP contribution in [-0.4, -0.2) is 47.2 Å². The molecule has 1 N–H and O–H groups in total. The number of benzene rings is 1. The number of aromatic nitrogens is 1. The van der Waals surface area contributed by atoms with Gasteiger partial charge in [0.25, 0.3) is 5.56 Å². The Morgan fingerprint density at radius 1 is 1.15 bits per heavy atom. The number of nitrogens with one attached hydrogen (secondary N) is 1. The first kappa shape index (κ1) is 23.1. The first-order valence-electron chi connectivity index (χ1n) is 11.8. The number of aryl methyl sites for hydroxylation is 2. The minimum absolute atomic E-state index is 0.0333. The van der Waals surface area contributed by atoms with Gasteiger partial charge in [0.05, 0.1) is 6.26 Å². The molecule has 176 valence electrons. The number of carbonyl (C=O) groups is 1. The number of nitrogens with zero attached hydrogens (tertiary/aromatic N) is 2. The van der Waals surface area contributed by atoms with E-state index in [-0.39, 0.29) is 17.6 Å². The van der Waals surface area contributed by atoms with E-state index in [1.54, 1.807) is 30.0 Å². The first-order valence-corrected chi connectivity index (χ1v) is 11.8. The van der Waals surface area contributed by atoms with E-state index in [0.29, 0.717) is 24.9 Å². The Labute approximate surface area is 195 Å². The van der Waals surface area contributed by atoms with Crippen LogP contribution in [-0.2, 0) is 29.0 Å². The number of amides is 1. The average molecular weight is 452 g/mol. The summed E-state index contributed by atoms with van der Waals surface area (Å²) in [5, 5.41) is 3.02. The molecule has 1 unspecified atom stereocenters. The zero-order valence-electron chi connectivity index (χ0n) is 19.2. The summed E-state index contributed by atoms with van der Waals surface area (Å²) in [5.74, 6) is 0.639. The summed E-state index contributed by atoms with van der Waals surface area (Å²) in [6.45, 7) is 5.58. The SMILES string of the molecule is CC(=O)NC1CCN(Cc2ccc(CCn3ccc(OCC4CC=CO4)cc3=O)cc2)CC1. The molecule has 0 spiro atoms. The van der Waals surface area contributed by atoms with Crippen LogP contribution in [0.5, 0.6) is 5.75 Å². The van der Waals surface area contributed by atoms with Gasteiger partial charge in [-0.1, -0.05) is 24.3 Å². The van der Waals surface area contributed by atoms with Crippen molar-refractivity contribution in [1.29, 1.82) is 0 Å². The Morgan fingerprint density at radius 3 is 2.58 bits per heavy atom. The van der Waals surface area contributed by atoms with Gasteiger partial charge in [-0.3, -0.25) is 14.5 Å². The maximum Gasteiger partial charge on any atom is 0.254 e. The fraction of sp³-hybridized carbons (Fsp3) is 0.462. The number of pyridine rings is 1. The number of hydrogen-bond acceptors (Lipinski definition) is 5. The minimum atomic E-state index is -0.0581. The van der Waals surface area contributed by atoms with E-state index < -0.39 is 0 Å². The summed E-state index contributed by atoms with van der Waals surface area (Å²) in [6, 6.07) is 12.3. The van der Waals surface area contributed by atoms with Crippen molar-refractivity contribution in [2.24, 2.45) is 0 Å². The Kier molecular flexibility index (Phi) is 7.83. The Balaban J connectivity index is 1.21. The van der Waals surface area contributed by atoms with E-state index in [9.17, 15) is 9.59 Å². The summed E-state index contributed by atoms with van der Waals surface area (Å²) < 4.78 is 12.8. The van der Waals surface area contributed by atoms with E-state index in [1.807, 2.05) is 12.1 Å². The third-order valence-electron chi connectivity index (χ3n) is 6.24. The van der Waals surface area contributed by atoms with Gasteiger partial charge < -0.3 is 19.4 Å². The van der Waals surface area contributed by atoms with Crippen molar-refractivity contribution < 1.29 is 14.3 Å². The largest absolute Gasteiger partial charge is 0.494 e. The van der Waals surface area contributed by atoms with Crippen LogP contribution in [0.15, 0.2) is 59.7 Å². The Hall–Kier alpha value is -3.06. The summed E-state index contributed by atoms with van der Waals surface area (Å²) in [7, 11) is 0. The average Bonchev–Trinajstić information content (AvgIpc) is 3.33. The normalized spacial score (nSPS) is 18.8. The molecule has 1 atom stereocenters. The fourth-order valence-electron chi connectivity index (χ4n) is 4.33. The third-order valence-corrected chi connectivity index (χ3v) is 6.24. The van der Waals surface area contributed by atoms with Gasteiger partial charge in [0, 0.05) is 57.8 Å². The Morgan fingerprint density at radius 2 is 1.91 bits per heavy atom. The topological polar surface area (TPSA) is 72.8 Å². The molecular formula is C26H33N3O4. The van der Waals surface area contributed by atoms with Crippen molar-refractivity contribution in [3.8, 4) is 5.75 Å². The van der Waals surface area contributed by atoms with Gasteiger partial charge in [0.15, 0.2) is 0 Å². The molecule has 7 heteroatoms. The van der Waals surface area contributed by atoms with Crippen LogP contribution in [0.3, 0.4) is 0 Å². The maximum absolute atomic E-state index is 12.4. The molecule has 0 bridgehead atoms. The molecule has 4 rings (SSSR count). The number of rotatable bonds is 9. The van der Waals surface area contributed by atoms with Crippen LogP contribution in [0, 0.1) is 0 Å². The highest BCUT2D eigenvalue weighted by atomic mass is 16.5. The molecule has 0 saturated carbocycles. The zero-order chi connectivity index (χ0) is 23.0. The lowest BCUT2D eigenvalue weighted by atomic mass is 10.0. The molecule has 0 aliphatic carbocycles. The van der Waals surface area contributed by atoms with Gasteiger partial charge in [-0.15, -0.1) is 0 Å². The molecule has 2 aliphatic rings. The van der Waals surface area contributed by atoms with Gasteiger partial charge in [0.1, 0.15) is 18.5 Å². The van der Waals surface area contributed by atoms with E-state index in [2.05, 4.69) is 34.5 Å². The van der Waals surface area contributed by atoms with Crippen molar-refractivity contribution in [2.75, 3.05) is 19.7 Å². The number of ether oxygens (including phenoxy) is 2. The molecule has 3 heterocycles. The van der Waals surface area contributed by atoms with E-state index in [0.717, 1.165) is 45.3 Å². The van der Waals surface area contributed by atoms with E-state index in [1.165, 1.54) is 11.1 Å². The second-order valence-electron chi connectivity index (χ2n) is 8.89. The lowest BCUT2D eigenvalue weighted by Crippen LogP contribution is -2.43. The highest BCUT2D eigenvalue weighted by molar-refractivity contribution is 5.73. The van der Waals surface area contributed by atoms with E-state index in [4.69, 9.17) is 9.47 Å². The summed E-state index contributed by atoms with van der Waals surface area (Å²) in [6.07, 6.45) is 9.13. The lowest BCUT2D eigenvalue weighted by Gasteiger charge is -2.32. The second-order valence-corrected chi connectivity index (χ2v) is 8.89. The zero-order valence-corrected chi connectivity index (χ0v) is 19.2. The van der Waals surface area contributed by atoms with Gasteiger partial charge >= 0.3 is 0 Å². The van der Waals surface area contributed by atoms with Crippen LogP contribution in [0.25, 0.3) is 0 Å². The highest BCUT2D eigenvalue weighted by Gasteiger charge is 2.19. The van der Waals surface area contributed by atoms with Gasteiger partial charge in [0.2, 0.25) is 5.91 Å². The molecule has 1 fully saturated rings. The van der Waals surface area contributed by atoms with Gasteiger partial charge in [-0.2, -0.15) is 0 Å². The molecule has 2 aromatic rings. The number of hydrogen-bond donors (Lipinski definition) is 1. The molecule has 7 nitrogen and oxygen atoms in total. The smallest absolute Gasteiger partial charge is 0.254 e. The quantitative estimate of drug-likeness (QED) is 0.635. The van der Waals surface area contributed by atoms with Crippen molar-refractivity contribution in [2.45, 2.75) is 57.8 Å². The first-order chi connectivity index (χ1) is 16.0. The molecular weight excluding hydrogens is 418 g/mol. The minimum Gasteiger partial charge on any atom is -0.494 e. The second kappa shape index (κ2) is 11.2. The van der Waals surface area contributed by atoms with Crippen molar-refractivity contribution >= 4 is 5.91 Å². The number of likely N-dealkylation sites (tertiary alicyclic amines) is 1. The van der Waals surface area contributed by atoms with Crippen molar-refractivity contribution in [3.63, 3.8) is 0 Å². The fourth-order valence-corrected chi connectivity index (χ4v) is 4.33. The van der Waals surface area contributed by atoms with Crippen LogP contribution in [0.2, 0.25) is 0 Å². The van der Waals surface area contributed by atoms with Crippen molar-refractivity contribution in [1.82, 2.24) is 14.8 Å². The molecule has 1 saturated heterocycles. The molecule has 33 heavy (non-hydrogen) atoms. The highest BCUT2D eigenvalue weighted by Crippen LogP contribution is 2.16.